The van der Waals surface area contributed by atoms with Gasteiger partial charge in [0, 0.05) is 20.6 Å². The Balaban J connectivity index is 1.50. The van der Waals surface area contributed by atoms with Crippen molar-refractivity contribution in [2.45, 2.75) is 13.2 Å². The standard InChI is InChI=1S/C25H18Cl3NO4S/c1-32-22-11-16(7-10-21(22)33-14-15-5-8-17(26)9-6-15)12-23-24(30)29(25(31)34-23)13-18-19(27)3-2-4-20(18)28/h2-12H,13-14H2,1H3/b23-12+. The maximum atomic E-state index is 12.9. The van der Waals surface area contributed by atoms with Crippen LogP contribution in [-0.2, 0) is 17.9 Å². The van der Waals surface area contributed by atoms with Crippen molar-refractivity contribution in [3.05, 3.63) is 97.3 Å². The van der Waals surface area contributed by atoms with Gasteiger partial charge in [0.05, 0.1) is 18.6 Å². The second kappa shape index (κ2) is 10.7. The molecule has 1 aliphatic heterocycles. The van der Waals surface area contributed by atoms with Crippen LogP contribution in [0, 0.1) is 0 Å². The summed E-state index contributed by atoms with van der Waals surface area (Å²) in [6, 6.07) is 17.7. The summed E-state index contributed by atoms with van der Waals surface area (Å²) in [6.07, 6.45) is 1.64. The maximum Gasteiger partial charge on any atom is 0.293 e. The van der Waals surface area contributed by atoms with E-state index < -0.39 is 5.91 Å². The second-order valence-corrected chi connectivity index (χ2v) is 9.54. The van der Waals surface area contributed by atoms with Gasteiger partial charge in [-0.25, -0.2) is 0 Å². The van der Waals surface area contributed by atoms with E-state index in [1.54, 1.807) is 54.6 Å². The maximum absolute atomic E-state index is 12.9. The van der Waals surface area contributed by atoms with E-state index in [2.05, 4.69) is 0 Å². The molecule has 0 atom stereocenters. The Labute approximate surface area is 216 Å². The van der Waals surface area contributed by atoms with E-state index in [0.717, 1.165) is 22.2 Å². The first-order chi connectivity index (χ1) is 16.4. The molecule has 34 heavy (non-hydrogen) atoms. The van der Waals surface area contributed by atoms with E-state index >= 15 is 0 Å². The minimum atomic E-state index is -0.409. The highest BCUT2D eigenvalue weighted by Gasteiger charge is 2.35. The number of benzene rings is 3. The first-order valence-electron chi connectivity index (χ1n) is 10.1. The Morgan fingerprint density at radius 2 is 1.65 bits per heavy atom. The number of carbonyl (C=O) groups is 2. The lowest BCUT2D eigenvalue weighted by Gasteiger charge is -2.14. The van der Waals surface area contributed by atoms with Crippen LogP contribution in [0.15, 0.2) is 65.6 Å². The van der Waals surface area contributed by atoms with Gasteiger partial charge in [-0.15, -0.1) is 0 Å². The highest BCUT2D eigenvalue weighted by Crippen LogP contribution is 2.37. The molecule has 0 N–H and O–H groups in total. The van der Waals surface area contributed by atoms with E-state index in [1.165, 1.54) is 7.11 Å². The molecule has 0 saturated carbocycles. The van der Waals surface area contributed by atoms with Crippen molar-refractivity contribution in [3.8, 4) is 11.5 Å². The molecule has 174 valence electrons. The average molecular weight is 535 g/mol. The molecule has 0 radical (unpaired) electrons. The summed E-state index contributed by atoms with van der Waals surface area (Å²) in [5.41, 5.74) is 2.18. The molecule has 1 fully saturated rings. The van der Waals surface area contributed by atoms with Gasteiger partial charge in [-0.1, -0.05) is 59.1 Å². The van der Waals surface area contributed by atoms with Crippen molar-refractivity contribution in [3.63, 3.8) is 0 Å². The van der Waals surface area contributed by atoms with Crippen molar-refractivity contribution < 1.29 is 19.1 Å². The lowest BCUT2D eigenvalue weighted by Crippen LogP contribution is -2.27. The van der Waals surface area contributed by atoms with E-state index in [0.29, 0.717) is 49.2 Å². The van der Waals surface area contributed by atoms with Crippen LogP contribution in [0.3, 0.4) is 0 Å². The number of hydrogen-bond donors (Lipinski definition) is 0. The fourth-order valence-corrected chi connectivity index (χ4v) is 4.75. The predicted octanol–water partition coefficient (Wildman–Crippen LogP) is 7.47. The Morgan fingerprint density at radius 3 is 2.32 bits per heavy atom. The molecule has 0 bridgehead atoms. The quantitative estimate of drug-likeness (QED) is 0.294. The van der Waals surface area contributed by atoms with E-state index in [9.17, 15) is 9.59 Å². The third-order valence-corrected chi connectivity index (χ3v) is 6.91. The topological polar surface area (TPSA) is 55.8 Å². The van der Waals surface area contributed by atoms with Crippen molar-refractivity contribution >= 4 is 63.8 Å². The molecule has 1 aliphatic rings. The fraction of sp³-hybridized carbons (Fsp3) is 0.120. The molecule has 5 nitrogen and oxygen atoms in total. The molecule has 1 heterocycles. The summed E-state index contributed by atoms with van der Waals surface area (Å²) in [5.74, 6) is 0.647. The van der Waals surface area contributed by atoms with Crippen molar-refractivity contribution in [1.82, 2.24) is 4.90 Å². The first-order valence-corrected chi connectivity index (χ1v) is 12.0. The normalized spacial score (nSPS) is 14.7. The average Bonchev–Trinajstić information content (AvgIpc) is 3.08. The molecule has 2 amide bonds. The largest absolute Gasteiger partial charge is 0.493 e. The van der Waals surface area contributed by atoms with Crippen LogP contribution < -0.4 is 9.47 Å². The first kappa shape index (κ1) is 24.5. The van der Waals surface area contributed by atoms with Gasteiger partial charge in [0.15, 0.2) is 11.5 Å². The Hall–Kier alpha value is -2.64. The lowest BCUT2D eigenvalue weighted by atomic mass is 10.1. The van der Waals surface area contributed by atoms with Crippen LogP contribution in [0.5, 0.6) is 11.5 Å². The van der Waals surface area contributed by atoms with Crippen molar-refractivity contribution in [1.29, 1.82) is 0 Å². The fourth-order valence-electron chi connectivity index (χ4n) is 3.26. The Bertz CT molecular complexity index is 1260. The van der Waals surface area contributed by atoms with Gasteiger partial charge in [0.25, 0.3) is 11.1 Å². The third-order valence-electron chi connectivity index (χ3n) is 5.04. The van der Waals surface area contributed by atoms with Crippen molar-refractivity contribution in [2.24, 2.45) is 0 Å². The second-order valence-electron chi connectivity index (χ2n) is 7.29. The van der Waals surface area contributed by atoms with Gasteiger partial charge >= 0.3 is 0 Å². The predicted molar refractivity (Wildman–Crippen MR) is 137 cm³/mol. The summed E-state index contributed by atoms with van der Waals surface area (Å²) < 4.78 is 11.3. The lowest BCUT2D eigenvalue weighted by molar-refractivity contribution is -0.123. The number of methoxy groups -OCH3 is 1. The SMILES string of the molecule is COc1cc(/C=C2/SC(=O)N(Cc3c(Cl)cccc3Cl)C2=O)ccc1OCc1ccc(Cl)cc1. The number of rotatable bonds is 7. The van der Waals surface area contributed by atoms with Gasteiger partial charge in [-0.05, 0) is 65.4 Å². The van der Waals surface area contributed by atoms with Crippen LogP contribution in [0.1, 0.15) is 16.7 Å². The van der Waals surface area contributed by atoms with Crippen LogP contribution >= 0.6 is 46.6 Å². The van der Waals surface area contributed by atoms with Crippen LogP contribution in [0.25, 0.3) is 6.08 Å². The number of ether oxygens (including phenoxy) is 2. The molecule has 3 aromatic carbocycles. The molecule has 0 unspecified atom stereocenters. The summed E-state index contributed by atoms with van der Waals surface area (Å²) in [7, 11) is 1.54. The molecule has 3 aromatic rings. The van der Waals surface area contributed by atoms with Gasteiger partial charge in [0.1, 0.15) is 6.61 Å². The number of nitrogens with zero attached hydrogens (tertiary/aromatic N) is 1. The minimum Gasteiger partial charge on any atom is -0.493 e. The number of halogens is 3. The summed E-state index contributed by atoms with van der Waals surface area (Å²) in [6.45, 7) is 0.345. The number of hydrogen-bond acceptors (Lipinski definition) is 5. The number of carbonyl (C=O) groups excluding carboxylic acids is 2. The number of thioether (sulfide) groups is 1. The van der Waals surface area contributed by atoms with Gasteiger partial charge in [0.2, 0.25) is 0 Å². The zero-order valence-electron chi connectivity index (χ0n) is 17.9. The van der Waals surface area contributed by atoms with Crippen LogP contribution in [0.2, 0.25) is 15.1 Å². The molecular formula is C25H18Cl3NO4S. The van der Waals surface area contributed by atoms with Gasteiger partial charge in [-0.3, -0.25) is 14.5 Å². The molecule has 9 heteroatoms. The molecular weight excluding hydrogens is 517 g/mol. The zero-order chi connectivity index (χ0) is 24.2. The third kappa shape index (κ3) is 5.53. The molecule has 4 rings (SSSR count). The molecule has 0 aromatic heterocycles. The summed E-state index contributed by atoms with van der Waals surface area (Å²) in [5, 5.41) is 1.07. The minimum absolute atomic E-state index is 0.00130. The summed E-state index contributed by atoms with van der Waals surface area (Å²) in [4.78, 5) is 26.9. The van der Waals surface area contributed by atoms with Crippen LogP contribution in [-0.4, -0.2) is 23.2 Å². The molecule has 1 saturated heterocycles. The van der Waals surface area contributed by atoms with E-state index in [-0.39, 0.29) is 11.8 Å². The highest BCUT2D eigenvalue weighted by atomic mass is 35.5. The monoisotopic (exact) mass is 533 g/mol. The van der Waals surface area contributed by atoms with E-state index in [1.807, 2.05) is 12.1 Å². The molecule has 0 aliphatic carbocycles. The number of amides is 2. The smallest absolute Gasteiger partial charge is 0.293 e. The van der Waals surface area contributed by atoms with Gasteiger partial charge in [-0.2, -0.15) is 0 Å². The summed E-state index contributed by atoms with van der Waals surface area (Å²) >= 11 is 19.2. The van der Waals surface area contributed by atoms with Crippen LogP contribution in [0.4, 0.5) is 4.79 Å². The highest BCUT2D eigenvalue weighted by molar-refractivity contribution is 8.18. The zero-order valence-corrected chi connectivity index (χ0v) is 21.0. The Kier molecular flexibility index (Phi) is 7.73. The Morgan fingerprint density at radius 1 is 0.941 bits per heavy atom. The van der Waals surface area contributed by atoms with Crippen molar-refractivity contribution in [2.75, 3.05) is 7.11 Å². The number of imide groups is 1. The van der Waals surface area contributed by atoms with E-state index in [4.69, 9.17) is 44.3 Å². The molecule has 0 spiro atoms. The van der Waals surface area contributed by atoms with Gasteiger partial charge < -0.3 is 9.47 Å².